The van der Waals surface area contributed by atoms with Crippen LogP contribution in [0, 0.1) is 0 Å². The zero-order valence-corrected chi connectivity index (χ0v) is 12.0. The number of benzene rings is 1. The van der Waals surface area contributed by atoms with Crippen LogP contribution in [0.2, 0.25) is 0 Å². The van der Waals surface area contributed by atoms with Crippen molar-refractivity contribution in [1.82, 2.24) is 0 Å². The highest BCUT2D eigenvalue weighted by molar-refractivity contribution is 5.30. The van der Waals surface area contributed by atoms with Gasteiger partial charge in [0.25, 0.3) is 0 Å². The van der Waals surface area contributed by atoms with E-state index in [9.17, 15) is 5.11 Å². The molecule has 3 heteroatoms. The summed E-state index contributed by atoms with van der Waals surface area (Å²) in [5, 5.41) is 10.3. The Morgan fingerprint density at radius 1 is 1.25 bits per heavy atom. The minimum Gasteiger partial charge on any atom is -0.490 e. The molecule has 2 aliphatic rings. The maximum absolute atomic E-state index is 10.3. The molecule has 1 aromatic rings. The summed E-state index contributed by atoms with van der Waals surface area (Å²) < 4.78 is 11.5. The maximum atomic E-state index is 10.3. The molecule has 1 saturated carbocycles. The lowest BCUT2D eigenvalue weighted by Gasteiger charge is -2.23. The van der Waals surface area contributed by atoms with E-state index in [4.69, 9.17) is 9.47 Å². The van der Waals surface area contributed by atoms with Gasteiger partial charge in [-0.05, 0) is 62.6 Å². The van der Waals surface area contributed by atoms with E-state index in [1.807, 2.05) is 24.3 Å². The van der Waals surface area contributed by atoms with Gasteiger partial charge in [-0.15, -0.1) is 0 Å². The first-order valence-corrected chi connectivity index (χ1v) is 7.87. The molecule has 0 aromatic heterocycles. The average Bonchev–Trinajstić information content (AvgIpc) is 3.30. The van der Waals surface area contributed by atoms with E-state index < -0.39 is 6.10 Å². The Kier molecular flexibility index (Phi) is 4.58. The smallest absolute Gasteiger partial charge is 0.120 e. The Morgan fingerprint density at radius 3 is 2.90 bits per heavy atom. The topological polar surface area (TPSA) is 38.7 Å². The second-order valence-electron chi connectivity index (χ2n) is 5.97. The average molecular weight is 276 g/mol. The molecule has 1 heterocycles. The molecule has 0 amide bonds. The van der Waals surface area contributed by atoms with Gasteiger partial charge < -0.3 is 14.6 Å². The van der Waals surface area contributed by atoms with Crippen molar-refractivity contribution in [2.24, 2.45) is 0 Å². The minimum atomic E-state index is -0.414. The Labute approximate surface area is 120 Å². The number of aliphatic hydroxyl groups excluding tert-OH is 1. The summed E-state index contributed by atoms with van der Waals surface area (Å²) in [5.74, 6) is 0.887. The van der Waals surface area contributed by atoms with Gasteiger partial charge >= 0.3 is 0 Å². The molecular formula is C17H24O3. The minimum absolute atomic E-state index is 0.337. The number of ether oxygens (including phenoxy) is 2. The molecule has 2 fully saturated rings. The summed E-state index contributed by atoms with van der Waals surface area (Å²) in [6.07, 6.45) is 7.91. The van der Waals surface area contributed by atoms with Crippen LogP contribution >= 0.6 is 0 Å². The van der Waals surface area contributed by atoms with Crippen molar-refractivity contribution < 1.29 is 14.6 Å². The van der Waals surface area contributed by atoms with Crippen LogP contribution < -0.4 is 4.74 Å². The molecule has 1 aliphatic carbocycles. The van der Waals surface area contributed by atoms with Crippen LogP contribution in [0.15, 0.2) is 24.3 Å². The quantitative estimate of drug-likeness (QED) is 0.862. The van der Waals surface area contributed by atoms with Crippen molar-refractivity contribution in [1.29, 1.82) is 0 Å². The number of hydrogen-bond donors (Lipinski definition) is 1. The lowest BCUT2D eigenvalue weighted by atomic mass is 9.99. The predicted octanol–water partition coefficient (Wildman–Crippen LogP) is 3.61. The van der Waals surface area contributed by atoms with Crippen molar-refractivity contribution in [3.05, 3.63) is 29.8 Å². The van der Waals surface area contributed by atoms with Crippen molar-refractivity contribution in [3.63, 3.8) is 0 Å². The van der Waals surface area contributed by atoms with Gasteiger partial charge in [0.1, 0.15) is 5.75 Å². The monoisotopic (exact) mass is 276 g/mol. The lowest BCUT2D eigenvalue weighted by molar-refractivity contribution is 0.00212. The molecule has 1 saturated heterocycles. The van der Waals surface area contributed by atoms with Gasteiger partial charge in [-0.3, -0.25) is 0 Å². The van der Waals surface area contributed by atoms with Gasteiger partial charge in [-0.1, -0.05) is 12.1 Å². The molecule has 2 atom stereocenters. The van der Waals surface area contributed by atoms with Crippen LogP contribution in [-0.4, -0.2) is 23.9 Å². The lowest BCUT2D eigenvalue weighted by Crippen LogP contribution is -2.19. The summed E-state index contributed by atoms with van der Waals surface area (Å²) in [6, 6.07) is 7.89. The largest absolute Gasteiger partial charge is 0.490 e. The fraction of sp³-hybridized carbons (Fsp3) is 0.647. The van der Waals surface area contributed by atoms with Gasteiger partial charge in [-0.2, -0.15) is 0 Å². The molecule has 110 valence electrons. The van der Waals surface area contributed by atoms with Crippen LogP contribution in [0.1, 0.15) is 56.6 Å². The van der Waals surface area contributed by atoms with Crippen molar-refractivity contribution >= 4 is 0 Å². The molecule has 0 radical (unpaired) electrons. The highest BCUT2D eigenvalue weighted by Gasteiger charge is 2.23. The first-order chi connectivity index (χ1) is 9.81. The van der Waals surface area contributed by atoms with E-state index in [2.05, 4.69) is 0 Å². The van der Waals surface area contributed by atoms with E-state index in [0.717, 1.165) is 50.0 Å². The van der Waals surface area contributed by atoms with Crippen LogP contribution in [0.25, 0.3) is 0 Å². The molecule has 1 aliphatic heterocycles. The van der Waals surface area contributed by atoms with E-state index in [1.165, 1.54) is 12.8 Å². The van der Waals surface area contributed by atoms with Gasteiger partial charge in [0.15, 0.2) is 0 Å². The van der Waals surface area contributed by atoms with E-state index >= 15 is 0 Å². The first kappa shape index (κ1) is 13.9. The van der Waals surface area contributed by atoms with Crippen molar-refractivity contribution in [2.45, 2.75) is 63.3 Å². The third kappa shape index (κ3) is 3.97. The van der Waals surface area contributed by atoms with Crippen molar-refractivity contribution in [2.75, 3.05) is 6.61 Å². The van der Waals surface area contributed by atoms with Crippen LogP contribution in [-0.2, 0) is 4.74 Å². The molecule has 0 bridgehead atoms. The molecule has 3 nitrogen and oxygen atoms in total. The van der Waals surface area contributed by atoms with E-state index in [0.29, 0.717) is 12.2 Å². The summed E-state index contributed by atoms with van der Waals surface area (Å²) in [4.78, 5) is 0. The number of rotatable bonds is 6. The maximum Gasteiger partial charge on any atom is 0.120 e. The van der Waals surface area contributed by atoms with Gasteiger partial charge in [-0.25, -0.2) is 0 Å². The summed E-state index contributed by atoms with van der Waals surface area (Å²) in [5.41, 5.74) is 0.957. The number of hydrogen-bond acceptors (Lipinski definition) is 3. The number of aliphatic hydroxyl groups is 1. The SMILES string of the molecule is OC(CCC1CCCCO1)c1cccc(OC2CC2)c1. The summed E-state index contributed by atoms with van der Waals surface area (Å²) >= 11 is 0. The van der Waals surface area contributed by atoms with Gasteiger partial charge in [0.05, 0.1) is 18.3 Å². The summed E-state index contributed by atoms with van der Waals surface area (Å²) in [6.45, 7) is 0.880. The fourth-order valence-electron chi connectivity index (χ4n) is 2.72. The Bertz CT molecular complexity index is 422. The summed E-state index contributed by atoms with van der Waals surface area (Å²) in [7, 11) is 0. The second-order valence-corrected chi connectivity index (χ2v) is 5.97. The zero-order chi connectivity index (χ0) is 13.8. The molecule has 3 rings (SSSR count). The van der Waals surface area contributed by atoms with E-state index in [1.54, 1.807) is 0 Å². The predicted molar refractivity (Wildman–Crippen MR) is 77.9 cm³/mol. The highest BCUT2D eigenvalue weighted by Crippen LogP contribution is 2.30. The van der Waals surface area contributed by atoms with Crippen molar-refractivity contribution in [3.8, 4) is 5.75 Å². The van der Waals surface area contributed by atoms with Crippen LogP contribution in [0.4, 0.5) is 0 Å². The zero-order valence-electron chi connectivity index (χ0n) is 12.0. The third-order valence-corrected chi connectivity index (χ3v) is 4.11. The first-order valence-electron chi connectivity index (χ1n) is 7.87. The molecule has 1 aromatic carbocycles. The van der Waals surface area contributed by atoms with Gasteiger partial charge in [0.2, 0.25) is 0 Å². The van der Waals surface area contributed by atoms with Gasteiger partial charge in [0, 0.05) is 6.61 Å². The van der Waals surface area contributed by atoms with Crippen LogP contribution in [0.3, 0.4) is 0 Å². The molecular weight excluding hydrogens is 252 g/mol. The molecule has 20 heavy (non-hydrogen) atoms. The van der Waals surface area contributed by atoms with Crippen LogP contribution in [0.5, 0.6) is 5.75 Å². The second kappa shape index (κ2) is 6.59. The molecule has 1 N–H and O–H groups in total. The third-order valence-electron chi connectivity index (χ3n) is 4.11. The molecule has 2 unspecified atom stereocenters. The normalized spacial score (nSPS) is 24.4. The Hall–Kier alpha value is -1.06. The highest BCUT2D eigenvalue weighted by atomic mass is 16.5. The standard InChI is InChI=1S/C17H24O3/c18-17(10-9-14-5-1-2-11-19-14)13-4-3-6-16(12-13)20-15-7-8-15/h3-4,6,12,14-15,17-18H,1-2,5,7-11H2. The fourth-order valence-corrected chi connectivity index (χ4v) is 2.72. The molecule has 0 spiro atoms. The van der Waals surface area contributed by atoms with E-state index in [-0.39, 0.29) is 0 Å². The Morgan fingerprint density at radius 2 is 2.15 bits per heavy atom. The Balaban J connectivity index is 1.51.